The zero-order valence-electron chi connectivity index (χ0n) is 11.4. The number of aliphatic hydroxyl groups is 1. The van der Waals surface area contributed by atoms with E-state index in [1.54, 1.807) is 0 Å². The maximum absolute atomic E-state index is 10.7. The Hall–Kier alpha value is -1.58. The van der Waals surface area contributed by atoms with Crippen molar-refractivity contribution in [3.8, 4) is 5.75 Å². The first-order valence-corrected chi connectivity index (χ1v) is 7.36. The Kier molecular flexibility index (Phi) is 2.56. The first-order valence-electron chi connectivity index (χ1n) is 7.36. The molecular formula is C17H19NO2. The Morgan fingerprint density at radius 2 is 1.85 bits per heavy atom. The van der Waals surface area contributed by atoms with Gasteiger partial charge < -0.3 is 15.6 Å². The lowest BCUT2D eigenvalue weighted by atomic mass is 9.81. The quantitative estimate of drug-likeness (QED) is 0.773. The molecule has 3 nitrogen and oxygen atoms in total. The highest BCUT2D eigenvalue weighted by atomic mass is 16.5. The average molecular weight is 269 g/mol. The first kappa shape index (κ1) is 12.2. The van der Waals surface area contributed by atoms with E-state index >= 15 is 0 Å². The van der Waals surface area contributed by atoms with Crippen LogP contribution in [0.15, 0.2) is 36.4 Å². The molecule has 2 aliphatic rings. The second-order valence-corrected chi connectivity index (χ2v) is 6.04. The third-order valence-electron chi connectivity index (χ3n) is 4.94. The summed E-state index contributed by atoms with van der Waals surface area (Å²) in [6, 6.07) is 11.8. The predicted octanol–water partition coefficient (Wildman–Crippen LogP) is 2.91. The van der Waals surface area contributed by atoms with Crippen LogP contribution < -0.4 is 10.5 Å². The van der Waals surface area contributed by atoms with Gasteiger partial charge in [0.05, 0.1) is 6.04 Å². The summed E-state index contributed by atoms with van der Waals surface area (Å²) in [5.41, 5.74) is 6.84. The third-order valence-corrected chi connectivity index (χ3v) is 4.94. The highest BCUT2D eigenvalue weighted by Gasteiger charge is 2.49. The molecule has 104 valence electrons. The molecule has 0 bridgehead atoms. The Balaban J connectivity index is 1.92. The molecular weight excluding hydrogens is 250 g/mol. The molecule has 0 aromatic heterocycles. The van der Waals surface area contributed by atoms with Crippen molar-refractivity contribution in [3.05, 3.63) is 42.0 Å². The molecule has 3 N–H and O–H groups in total. The van der Waals surface area contributed by atoms with Crippen molar-refractivity contribution in [1.82, 2.24) is 0 Å². The van der Waals surface area contributed by atoms with Crippen molar-refractivity contribution in [2.45, 2.75) is 43.4 Å². The molecule has 0 saturated heterocycles. The van der Waals surface area contributed by atoms with Gasteiger partial charge in [-0.1, -0.05) is 30.3 Å². The van der Waals surface area contributed by atoms with Crippen LogP contribution in [0, 0.1) is 0 Å². The monoisotopic (exact) mass is 269 g/mol. The molecule has 20 heavy (non-hydrogen) atoms. The van der Waals surface area contributed by atoms with E-state index in [2.05, 4.69) is 6.07 Å². The molecule has 2 unspecified atom stereocenters. The largest absolute Gasteiger partial charge is 0.485 e. The minimum Gasteiger partial charge on any atom is -0.485 e. The van der Waals surface area contributed by atoms with Crippen LogP contribution in [0.4, 0.5) is 0 Å². The summed E-state index contributed by atoms with van der Waals surface area (Å²) in [7, 11) is 0. The lowest BCUT2D eigenvalue weighted by Crippen LogP contribution is -2.56. The fraction of sp³-hybridized carbons (Fsp3) is 0.412. The first-order chi connectivity index (χ1) is 9.71. The number of benzene rings is 2. The van der Waals surface area contributed by atoms with Crippen LogP contribution in [0.3, 0.4) is 0 Å². The number of rotatable bonds is 0. The minimum atomic E-state index is -0.650. The topological polar surface area (TPSA) is 55.5 Å². The van der Waals surface area contributed by atoms with Gasteiger partial charge in [0.25, 0.3) is 0 Å². The molecule has 4 rings (SSSR count). The number of hydrogen-bond acceptors (Lipinski definition) is 3. The molecule has 1 aliphatic carbocycles. The van der Waals surface area contributed by atoms with Crippen LogP contribution in [0.5, 0.6) is 5.75 Å². The number of ether oxygens (including phenoxy) is 1. The molecule has 1 spiro atoms. The molecule has 1 fully saturated rings. The normalized spacial score (nSPS) is 27.5. The Morgan fingerprint density at radius 3 is 2.65 bits per heavy atom. The van der Waals surface area contributed by atoms with Crippen molar-refractivity contribution >= 4 is 10.8 Å². The summed E-state index contributed by atoms with van der Waals surface area (Å²) in [6.07, 6.45) is 3.49. The van der Waals surface area contributed by atoms with Gasteiger partial charge in [-0.15, -0.1) is 0 Å². The summed E-state index contributed by atoms with van der Waals surface area (Å²) >= 11 is 0. The number of nitrogens with two attached hydrogens (primary N) is 1. The molecule has 0 radical (unpaired) electrons. The van der Waals surface area contributed by atoms with E-state index in [9.17, 15) is 5.11 Å². The van der Waals surface area contributed by atoms with Gasteiger partial charge in [-0.25, -0.2) is 0 Å². The fourth-order valence-electron chi connectivity index (χ4n) is 3.83. The SMILES string of the molecule is NC1C(O)c2c(ccc3ccccc23)OC12CCCC2. The molecule has 1 aliphatic heterocycles. The van der Waals surface area contributed by atoms with Gasteiger partial charge in [0.2, 0.25) is 0 Å². The minimum absolute atomic E-state index is 0.344. The zero-order chi connectivity index (χ0) is 13.7. The van der Waals surface area contributed by atoms with Crippen LogP contribution in [0.25, 0.3) is 10.8 Å². The van der Waals surface area contributed by atoms with Crippen molar-refractivity contribution < 1.29 is 9.84 Å². The van der Waals surface area contributed by atoms with Crippen molar-refractivity contribution in [2.24, 2.45) is 5.73 Å². The Morgan fingerprint density at radius 1 is 1.10 bits per heavy atom. The van der Waals surface area contributed by atoms with E-state index in [0.29, 0.717) is 0 Å². The summed E-state index contributed by atoms with van der Waals surface area (Å²) in [4.78, 5) is 0. The van der Waals surface area contributed by atoms with Gasteiger partial charge >= 0.3 is 0 Å². The molecule has 1 saturated carbocycles. The highest BCUT2D eigenvalue weighted by Crippen LogP contribution is 2.48. The van der Waals surface area contributed by atoms with Crippen molar-refractivity contribution in [1.29, 1.82) is 0 Å². The molecule has 0 amide bonds. The smallest absolute Gasteiger partial charge is 0.127 e. The highest BCUT2D eigenvalue weighted by molar-refractivity contribution is 5.88. The summed E-state index contributed by atoms with van der Waals surface area (Å²) < 4.78 is 6.29. The zero-order valence-corrected chi connectivity index (χ0v) is 11.4. The maximum atomic E-state index is 10.7. The summed E-state index contributed by atoms with van der Waals surface area (Å²) in [5, 5.41) is 12.9. The van der Waals surface area contributed by atoms with E-state index in [1.807, 2.05) is 30.3 Å². The maximum Gasteiger partial charge on any atom is 0.127 e. The third kappa shape index (κ3) is 1.54. The van der Waals surface area contributed by atoms with E-state index in [4.69, 9.17) is 10.5 Å². The molecule has 2 aromatic rings. The van der Waals surface area contributed by atoms with Gasteiger partial charge in [-0.2, -0.15) is 0 Å². The van der Waals surface area contributed by atoms with Gasteiger partial charge in [0.1, 0.15) is 17.5 Å². The number of aliphatic hydroxyl groups excluding tert-OH is 1. The molecule has 1 heterocycles. The van der Waals surface area contributed by atoms with Crippen molar-refractivity contribution in [2.75, 3.05) is 0 Å². The van der Waals surface area contributed by atoms with E-state index in [1.165, 1.54) is 0 Å². The number of fused-ring (bicyclic) bond motifs is 3. The summed E-state index contributed by atoms with van der Waals surface area (Å²) in [5.74, 6) is 0.805. The van der Waals surface area contributed by atoms with Gasteiger partial charge in [0.15, 0.2) is 0 Å². The molecule has 2 atom stereocenters. The van der Waals surface area contributed by atoms with Gasteiger partial charge in [-0.3, -0.25) is 0 Å². The van der Waals surface area contributed by atoms with Gasteiger partial charge in [-0.05, 0) is 42.5 Å². The Labute approximate surface area is 118 Å². The van der Waals surface area contributed by atoms with E-state index < -0.39 is 6.10 Å². The second-order valence-electron chi connectivity index (χ2n) is 6.04. The van der Waals surface area contributed by atoms with Crippen molar-refractivity contribution in [3.63, 3.8) is 0 Å². The summed E-state index contributed by atoms with van der Waals surface area (Å²) in [6.45, 7) is 0. The van der Waals surface area contributed by atoms with Crippen LogP contribution in [0.1, 0.15) is 37.4 Å². The number of hydrogen-bond donors (Lipinski definition) is 2. The molecule has 3 heteroatoms. The fourth-order valence-corrected chi connectivity index (χ4v) is 3.83. The second kappa shape index (κ2) is 4.21. The lowest BCUT2D eigenvalue weighted by Gasteiger charge is -2.43. The van der Waals surface area contributed by atoms with E-state index in [-0.39, 0.29) is 11.6 Å². The van der Waals surface area contributed by atoms with Crippen LogP contribution in [0.2, 0.25) is 0 Å². The standard InChI is InChI=1S/C17H19NO2/c18-16-15(19)14-12-6-2-1-5-11(12)7-8-13(14)20-17(16)9-3-4-10-17/h1-2,5-8,15-16,19H,3-4,9-10,18H2. The van der Waals surface area contributed by atoms with Crippen LogP contribution in [-0.2, 0) is 0 Å². The van der Waals surface area contributed by atoms with Crippen LogP contribution >= 0.6 is 0 Å². The van der Waals surface area contributed by atoms with E-state index in [0.717, 1.165) is 47.8 Å². The Bertz CT molecular complexity index is 661. The average Bonchev–Trinajstić information content (AvgIpc) is 2.94. The van der Waals surface area contributed by atoms with Crippen LogP contribution in [-0.4, -0.2) is 16.7 Å². The van der Waals surface area contributed by atoms with Gasteiger partial charge in [0, 0.05) is 5.56 Å². The predicted molar refractivity (Wildman–Crippen MR) is 78.7 cm³/mol. The lowest BCUT2D eigenvalue weighted by molar-refractivity contribution is -0.0306. The molecule has 2 aromatic carbocycles.